The second kappa shape index (κ2) is 4.93. The molecule has 0 atom stereocenters. The van der Waals surface area contributed by atoms with Crippen molar-refractivity contribution in [3.8, 4) is 0 Å². The van der Waals surface area contributed by atoms with Crippen LogP contribution in [-0.4, -0.2) is 11.4 Å². The Bertz CT molecular complexity index is 457. The number of rotatable bonds is 2. The lowest BCUT2D eigenvalue weighted by atomic mass is 10.1. The molecule has 7 heteroatoms. The molecule has 0 aromatic heterocycles. The van der Waals surface area contributed by atoms with E-state index >= 15 is 0 Å². The summed E-state index contributed by atoms with van der Waals surface area (Å²) in [7, 11) is 0. The summed E-state index contributed by atoms with van der Waals surface area (Å²) in [5, 5.41) is 0. The van der Waals surface area contributed by atoms with Crippen LogP contribution in [0.25, 0.3) is 0 Å². The van der Waals surface area contributed by atoms with Crippen LogP contribution in [-0.2, 0) is 0 Å². The summed E-state index contributed by atoms with van der Waals surface area (Å²) in [5.74, 6) is -8.02. The maximum Gasteiger partial charge on any atom is 0.271 e. The van der Waals surface area contributed by atoms with Gasteiger partial charge in [0, 0.05) is 11.6 Å². The molecule has 2 N–H and O–H groups in total. The molecule has 18 heavy (non-hydrogen) atoms. The molecule has 0 heterocycles. The van der Waals surface area contributed by atoms with Crippen molar-refractivity contribution in [1.82, 2.24) is 10.9 Å². The SMILES string of the molecule is CC(C)(C)NNC(=O)c1c(F)c(F)cc(F)c1F. The van der Waals surface area contributed by atoms with Gasteiger partial charge in [0.1, 0.15) is 5.56 Å². The standard InChI is InChI=1S/C11H12F4N2O/c1-11(2,3)17-16-10(18)7-8(14)5(12)4-6(13)9(7)15/h4,17H,1-3H3,(H,16,18). The monoisotopic (exact) mass is 264 g/mol. The van der Waals surface area contributed by atoms with E-state index in [1.54, 1.807) is 20.8 Å². The zero-order valence-electron chi connectivity index (χ0n) is 10.00. The van der Waals surface area contributed by atoms with Crippen molar-refractivity contribution in [2.45, 2.75) is 26.3 Å². The lowest BCUT2D eigenvalue weighted by Crippen LogP contribution is -2.49. The van der Waals surface area contributed by atoms with E-state index in [0.29, 0.717) is 0 Å². The predicted molar refractivity (Wildman–Crippen MR) is 56.6 cm³/mol. The van der Waals surface area contributed by atoms with Crippen LogP contribution in [0.3, 0.4) is 0 Å². The number of hydrogen-bond acceptors (Lipinski definition) is 2. The normalized spacial score (nSPS) is 11.5. The van der Waals surface area contributed by atoms with E-state index < -0.39 is 40.3 Å². The minimum Gasteiger partial charge on any atom is -0.287 e. The maximum absolute atomic E-state index is 13.2. The summed E-state index contributed by atoms with van der Waals surface area (Å²) in [4.78, 5) is 11.5. The van der Waals surface area contributed by atoms with Crippen molar-refractivity contribution < 1.29 is 22.4 Å². The van der Waals surface area contributed by atoms with Gasteiger partial charge < -0.3 is 0 Å². The molecule has 0 radical (unpaired) electrons. The summed E-state index contributed by atoms with van der Waals surface area (Å²) >= 11 is 0. The Kier molecular flexibility index (Phi) is 3.95. The van der Waals surface area contributed by atoms with Gasteiger partial charge in [-0.2, -0.15) is 0 Å². The Morgan fingerprint density at radius 2 is 1.50 bits per heavy atom. The number of hydrogen-bond donors (Lipinski definition) is 2. The van der Waals surface area contributed by atoms with Crippen LogP contribution < -0.4 is 10.9 Å². The van der Waals surface area contributed by atoms with Crippen LogP contribution in [0.2, 0.25) is 0 Å². The third-order valence-electron chi connectivity index (χ3n) is 1.89. The molecule has 1 amide bonds. The maximum atomic E-state index is 13.2. The van der Waals surface area contributed by atoms with Gasteiger partial charge in [-0.05, 0) is 20.8 Å². The van der Waals surface area contributed by atoms with Crippen molar-refractivity contribution in [2.24, 2.45) is 0 Å². The third-order valence-corrected chi connectivity index (χ3v) is 1.89. The van der Waals surface area contributed by atoms with E-state index in [1.807, 2.05) is 5.43 Å². The van der Waals surface area contributed by atoms with Crippen LogP contribution in [0.4, 0.5) is 17.6 Å². The second-order valence-corrected chi connectivity index (χ2v) is 4.67. The highest BCUT2D eigenvalue weighted by molar-refractivity contribution is 5.94. The summed E-state index contributed by atoms with van der Waals surface area (Å²) in [6.07, 6.45) is 0. The van der Waals surface area contributed by atoms with E-state index in [-0.39, 0.29) is 6.07 Å². The van der Waals surface area contributed by atoms with E-state index in [4.69, 9.17) is 0 Å². The lowest BCUT2D eigenvalue weighted by Gasteiger charge is -2.21. The summed E-state index contributed by atoms with van der Waals surface area (Å²) < 4.78 is 52.2. The minimum atomic E-state index is -1.73. The number of amides is 1. The van der Waals surface area contributed by atoms with Gasteiger partial charge in [0.15, 0.2) is 23.3 Å². The summed E-state index contributed by atoms with van der Waals surface area (Å²) in [6.45, 7) is 5.02. The van der Waals surface area contributed by atoms with Crippen LogP contribution in [0.15, 0.2) is 6.07 Å². The molecule has 0 spiro atoms. The lowest BCUT2D eigenvalue weighted by molar-refractivity contribution is 0.0903. The molecular formula is C11H12F4N2O. The van der Waals surface area contributed by atoms with Gasteiger partial charge in [-0.15, -0.1) is 0 Å². The van der Waals surface area contributed by atoms with Crippen molar-refractivity contribution in [1.29, 1.82) is 0 Å². The molecule has 0 fully saturated rings. The third kappa shape index (κ3) is 3.19. The first-order valence-corrected chi connectivity index (χ1v) is 5.04. The number of carbonyl (C=O) groups is 1. The fourth-order valence-corrected chi connectivity index (χ4v) is 1.08. The van der Waals surface area contributed by atoms with Gasteiger partial charge >= 0.3 is 0 Å². The molecule has 1 aromatic carbocycles. The van der Waals surface area contributed by atoms with Gasteiger partial charge in [-0.3, -0.25) is 10.2 Å². The molecule has 0 saturated heterocycles. The van der Waals surface area contributed by atoms with Gasteiger partial charge in [0.05, 0.1) is 0 Å². The first-order valence-electron chi connectivity index (χ1n) is 5.04. The largest absolute Gasteiger partial charge is 0.287 e. The summed E-state index contributed by atoms with van der Waals surface area (Å²) in [6, 6.07) is 0.0403. The highest BCUT2D eigenvalue weighted by Crippen LogP contribution is 2.19. The van der Waals surface area contributed by atoms with Crippen molar-refractivity contribution in [3.63, 3.8) is 0 Å². The van der Waals surface area contributed by atoms with E-state index in [1.165, 1.54) is 0 Å². The predicted octanol–water partition coefficient (Wildman–Crippen LogP) is 2.28. The van der Waals surface area contributed by atoms with E-state index in [0.717, 1.165) is 0 Å². The number of hydrazine groups is 1. The Hall–Kier alpha value is -1.63. The van der Waals surface area contributed by atoms with E-state index in [9.17, 15) is 22.4 Å². The zero-order valence-corrected chi connectivity index (χ0v) is 10.00. The molecule has 0 saturated carbocycles. The fraction of sp³-hybridized carbons (Fsp3) is 0.364. The Balaban J connectivity index is 3.06. The van der Waals surface area contributed by atoms with Gasteiger partial charge in [0.25, 0.3) is 5.91 Å². The van der Waals surface area contributed by atoms with E-state index in [2.05, 4.69) is 5.43 Å². The van der Waals surface area contributed by atoms with Crippen LogP contribution in [0.5, 0.6) is 0 Å². The highest BCUT2D eigenvalue weighted by Gasteiger charge is 2.25. The van der Waals surface area contributed by atoms with Gasteiger partial charge in [-0.25, -0.2) is 23.0 Å². The smallest absolute Gasteiger partial charge is 0.271 e. The zero-order chi connectivity index (χ0) is 14.1. The number of halogens is 4. The van der Waals surface area contributed by atoms with Gasteiger partial charge in [0.2, 0.25) is 0 Å². The van der Waals surface area contributed by atoms with Crippen molar-refractivity contribution >= 4 is 5.91 Å². The molecule has 1 rings (SSSR count). The van der Waals surface area contributed by atoms with Crippen molar-refractivity contribution in [2.75, 3.05) is 0 Å². The Labute approximate surface area is 101 Å². The molecular weight excluding hydrogens is 252 g/mol. The quantitative estimate of drug-likeness (QED) is 0.489. The van der Waals surface area contributed by atoms with Gasteiger partial charge in [-0.1, -0.05) is 0 Å². The van der Waals surface area contributed by atoms with Crippen molar-refractivity contribution in [3.05, 3.63) is 34.9 Å². The first kappa shape index (κ1) is 14.4. The molecule has 3 nitrogen and oxygen atoms in total. The second-order valence-electron chi connectivity index (χ2n) is 4.67. The first-order chi connectivity index (χ1) is 8.13. The van der Waals surface area contributed by atoms with Crippen LogP contribution >= 0.6 is 0 Å². The Morgan fingerprint density at radius 3 is 1.89 bits per heavy atom. The molecule has 0 unspecified atom stereocenters. The number of carbonyl (C=O) groups excluding carboxylic acids is 1. The van der Waals surface area contributed by atoms with Crippen LogP contribution in [0.1, 0.15) is 31.1 Å². The average Bonchev–Trinajstić information content (AvgIpc) is 2.23. The molecule has 0 bridgehead atoms. The van der Waals surface area contributed by atoms with Crippen LogP contribution in [0, 0.1) is 23.3 Å². The number of benzene rings is 1. The molecule has 1 aromatic rings. The molecule has 0 aliphatic heterocycles. The number of nitrogens with one attached hydrogen (secondary N) is 2. The Morgan fingerprint density at radius 1 is 1.06 bits per heavy atom. The molecule has 0 aliphatic rings. The topological polar surface area (TPSA) is 41.1 Å². The highest BCUT2D eigenvalue weighted by atomic mass is 19.2. The molecule has 0 aliphatic carbocycles. The average molecular weight is 264 g/mol. The summed E-state index contributed by atoms with van der Waals surface area (Å²) in [5.41, 5.74) is 2.53. The minimum absolute atomic E-state index is 0.0403. The fourth-order valence-electron chi connectivity index (χ4n) is 1.08. The molecule has 100 valence electrons.